The van der Waals surface area contributed by atoms with Gasteiger partial charge in [0.1, 0.15) is 18.2 Å². The van der Waals surface area contributed by atoms with Crippen LogP contribution in [0.25, 0.3) is 0 Å². The average Bonchev–Trinajstić information content (AvgIpc) is 2.88. The third kappa shape index (κ3) is 6.25. The lowest BCUT2D eigenvalue weighted by Gasteiger charge is -2.52. The van der Waals surface area contributed by atoms with Crippen LogP contribution < -0.4 is 10.6 Å². The number of nitrogens with zero attached hydrogens (tertiary/aromatic N) is 2. The first-order chi connectivity index (χ1) is 17.9. The van der Waals surface area contributed by atoms with Crippen molar-refractivity contribution in [2.24, 2.45) is 5.92 Å². The Balaban J connectivity index is 1.22. The van der Waals surface area contributed by atoms with E-state index in [-0.39, 0.29) is 30.2 Å². The molecule has 1 aromatic carbocycles. The van der Waals surface area contributed by atoms with Crippen LogP contribution in [0, 0.1) is 5.92 Å². The molecule has 2 heterocycles. The number of hydrogen-bond donors (Lipinski definition) is 2. The summed E-state index contributed by atoms with van der Waals surface area (Å²) in [5, 5.41) is 5.74. The Morgan fingerprint density at radius 3 is 2.49 bits per heavy atom. The summed E-state index contributed by atoms with van der Waals surface area (Å²) >= 11 is 0. The maximum absolute atomic E-state index is 13.4. The second-order valence-corrected chi connectivity index (χ2v) is 10.5. The highest BCUT2D eigenvalue weighted by atomic mass is 16.5. The molecule has 202 valence electrons. The molecule has 1 aromatic rings. The van der Waals surface area contributed by atoms with Crippen molar-refractivity contribution >= 4 is 23.8 Å². The lowest BCUT2D eigenvalue weighted by molar-refractivity contribution is -0.163. The fourth-order valence-corrected chi connectivity index (χ4v) is 5.56. The van der Waals surface area contributed by atoms with E-state index in [2.05, 4.69) is 10.6 Å². The summed E-state index contributed by atoms with van der Waals surface area (Å²) in [7, 11) is 0. The van der Waals surface area contributed by atoms with Gasteiger partial charge in [-0.3, -0.25) is 14.4 Å². The van der Waals surface area contributed by atoms with Gasteiger partial charge in [-0.2, -0.15) is 0 Å². The van der Waals surface area contributed by atoms with Crippen molar-refractivity contribution in [1.29, 1.82) is 0 Å². The number of carbonyl (C=O) groups is 4. The molecule has 1 saturated carbocycles. The van der Waals surface area contributed by atoms with Crippen LogP contribution >= 0.6 is 0 Å². The van der Waals surface area contributed by atoms with E-state index in [0.717, 1.165) is 31.2 Å². The van der Waals surface area contributed by atoms with Crippen LogP contribution in [0.15, 0.2) is 30.3 Å². The molecule has 37 heavy (non-hydrogen) atoms. The van der Waals surface area contributed by atoms with Crippen LogP contribution in [0.1, 0.15) is 70.3 Å². The highest BCUT2D eigenvalue weighted by Gasteiger charge is 2.53. The van der Waals surface area contributed by atoms with Gasteiger partial charge in [0.05, 0.1) is 0 Å². The summed E-state index contributed by atoms with van der Waals surface area (Å²) in [5.41, 5.74) is 0.0681. The van der Waals surface area contributed by atoms with Gasteiger partial charge in [-0.05, 0) is 56.9 Å². The second kappa shape index (κ2) is 12.4. The molecule has 0 unspecified atom stereocenters. The maximum atomic E-state index is 13.4. The molecule has 2 aliphatic heterocycles. The highest BCUT2D eigenvalue weighted by Crippen LogP contribution is 2.36. The summed E-state index contributed by atoms with van der Waals surface area (Å²) in [6, 6.07) is 8.94. The summed E-state index contributed by atoms with van der Waals surface area (Å²) in [5.74, 6) is 0.229. The van der Waals surface area contributed by atoms with Crippen molar-refractivity contribution in [3.05, 3.63) is 35.9 Å². The Kier molecular flexibility index (Phi) is 9.05. The largest absolute Gasteiger partial charge is 0.445 e. The number of ether oxygens (including phenoxy) is 1. The topological polar surface area (TPSA) is 108 Å². The number of amides is 4. The Bertz CT molecular complexity index is 957. The van der Waals surface area contributed by atoms with Gasteiger partial charge in [-0.1, -0.05) is 43.7 Å². The Labute approximate surface area is 219 Å². The third-order valence-corrected chi connectivity index (χ3v) is 8.01. The molecule has 0 bridgehead atoms. The Hall–Kier alpha value is -3.10. The number of hydrogen-bond acceptors (Lipinski definition) is 5. The number of rotatable bonds is 10. The zero-order valence-electron chi connectivity index (χ0n) is 21.9. The van der Waals surface area contributed by atoms with E-state index in [0.29, 0.717) is 58.3 Å². The Morgan fingerprint density at radius 2 is 1.84 bits per heavy atom. The molecule has 1 spiro atoms. The fraction of sp³-hybridized carbons (Fsp3) is 0.643. The number of unbranched alkanes of at least 4 members (excludes halogenated alkanes) is 1. The smallest absolute Gasteiger partial charge is 0.407 e. The molecule has 4 rings (SSSR count). The molecule has 2 saturated heterocycles. The van der Waals surface area contributed by atoms with Gasteiger partial charge in [0.15, 0.2) is 0 Å². The number of piperazine rings is 1. The molecule has 3 fully saturated rings. The Morgan fingerprint density at radius 1 is 1.11 bits per heavy atom. The van der Waals surface area contributed by atoms with Crippen molar-refractivity contribution in [3.63, 3.8) is 0 Å². The van der Waals surface area contributed by atoms with E-state index in [1.807, 2.05) is 42.2 Å². The molecule has 2 N–H and O–H groups in total. The first kappa shape index (κ1) is 26.9. The monoisotopic (exact) mass is 512 g/mol. The van der Waals surface area contributed by atoms with E-state index in [9.17, 15) is 19.2 Å². The zero-order valence-corrected chi connectivity index (χ0v) is 21.9. The third-order valence-electron chi connectivity index (χ3n) is 8.01. The van der Waals surface area contributed by atoms with Crippen LogP contribution in [0.4, 0.5) is 4.79 Å². The normalized spacial score (nSPS) is 21.4. The minimum Gasteiger partial charge on any atom is -0.445 e. The molecule has 9 nitrogen and oxygen atoms in total. The van der Waals surface area contributed by atoms with Gasteiger partial charge < -0.3 is 25.2 Å². The van der Waals surface area contributed by atoms with Gasteiger partial charge in [0.2, 0.25) is 17.7 Å². The van der Waals surface area contributed by atoms with E-state index in [4.69, 9.17) is 4.74 Å². The van der Waals surface area contributed by atoms with E-state index in [1.165, 1.54) is 0 Å². The molecular formula is C28H40N4O5. The number of benzene rings is 1. The van der Waals surface area contributed by atoms with Crippen molar-refractivity contribution in [2.75, 3.05) is 26.2 Å². The van der Waals surface area contributed by atoms with Gasteiger partial charge in [0, 0.05) is 32.1 Å². The minimum atomic E-state index is -0.857. The fourth-order valence-electron chi connectivity index (χ4n) is 5.56. The number of alkyl carbamates (subject to hydrolysis) is 1. The van der Waals surface area contributed by atoms with Crippen LogP contribution in [0.3, 0.4) is 0 Å². The number of carbonyl (C=O) groups excluding carboxylic acids is 4. The lowest BCUT2D eigenvalue weighted by Crippen LogP contribution is -2.73. The number of piperidine rings is 1. The number of nitrogens with one attached hydrogen (secondary N) is 2. The summed E-state index contributed by atoms with van der Waals surface area (Å²) in [4.78, 5) is 55.1. The number of likely N-dealkylation sites (tertiary alicyclic amines) is 1. The SMILES string of the molecule is CCCN1C(=O)[C@H](CCCCNC(=O)OCc2ccccc2)NC(=O)C12CCN(C(=O)C1CCC1)CC2. The van der Waals surface area contributed by atoms with Crippen LogP contribution in [-0.2, 0) is 25.7 Å². The van der Waals surface area contributed by atoms with Crippen molar-refractivity contribution in [1.82, 2.24) is 20.4 Å². The van der Waals surface area contributed by atoms with Gasteiger partial charge in [0.25, 0.3) is 0 Å². The predicted octanol–water partition coefficient (Wildman–Crippen LogP) is 2.98. The molecule has 3 aliphatic rings. The van der Waals surface area contributed by atoms with Crippen LogP contribution in [0.5, 0.6) is 0 Å². The average molecular weight is 513 g/mol. The van der Waals surface area contributed by atoms with E-state index in [1.54, 1.807) is 4.90 Å². The molecule has 1 aliphatic carbocycles. The summed E-state index contributed by atoms with van der Waals surface area (Å²) in [6.07, 6.45) is 6.22. The van der Waals surface area contributed by atoms with Gasteiger partial charge >= 0.3 is 6.09 Å². The van der Waals surface area contributed by atoms with Gasteiger partial charge in [-0.25, -0.2) is 4.79 Å². The lowest BCUT2D eigenvalue weighted by atomic mass is 9.79. The first-order valence-electron chi connectivity index (χ1n) is 13.8. The predicted molar refractivity (Wildman–Crippen MR) is 138 cm³/mol. The van der Waals surface area contributed by atoms with Crippen LogP contribution in [0.2, 0.25) is 0 Å². The van der Waals surface area contributed by atoms with Gasteiger partial charge in [-0.15, -0.1) is 0 Å². The first-order valence-corrected chi connectivity index (χ1v) is 13.8. The van der Waals surface area contributed by atoms with Crippen molar-refractivity contribution < 1.29 is 23.9 Å². The summed E-state index contributed by atoms with van der Waals surface area (Å²) in [6.45, 7) is 4.25. The molecular weight excluding hydrogens is 472 g/mol. The highest BCUT2D eigenvalue weighted by molar-refractivity contribution is 6.00. The second-order valence-electron chi connectivity index (χ2n) is 10.5. The van der Waals surface area contributed by atoms with Crippen molar-refractivity contribution in [3.8, 4) is 0 Å². The molecule has 9 heteroatoms. The molecule has 4 amide bonds. The maximum Gasteiger partial charge on any atom is 0.407 e. The van der Waals surface area contributed by atoms with Crippen LogP contribution in [-0.4, -0.2) is 71.4 Å². The molecule has 1 atom stereocenters. The van der Waals surface area contributed by atoms with Crippen molar-refractivity contribution in [2.45, 2.75) is 82.9 Å². The summed E-state index contributed by atoms with van der Waals surface area (Å²) < 4.78 is 5.21. The van der Waals surface area contributed by atoms with E-state index < -0.39 is 17.7 Å². The standard InChI is InChI=1S/C28H40N4O5/c1-2-17-32-25(34)23(13-6-7-16-29-27(36)37-20-21-9-4-3-5-10-21)30-26(35)28(32)14-18-31(19-15-28)24(33)22-11-8-12-22/h3-5,9-10,22-23H,2,6-8,11-20H2,1H3,(H,29,36)(H,30,35)/t23-/m0/s1. The molecule has 0 aromatic heterocycles. The van der Waals surface area contributed by atoms with E-state index >= 15 is 0 Å². The molecule has 0 radical (unpaired) electrons. The minimum absolute atomic E-state index is 0.0320. The quantitative estimate of drug-likeness (QED) is 0.469. The zero-order chi connectivity index (χ0) is 26.3.